The third kappa shape index (κ3) is 2.64. The van der Waals surface area contributed by atoms with Crippen LogP contribution >= 0.6 is 0 Å². The van der Waals surface area contributed by atoms with Crippen LogP contribution in [0.3, 0.4) is 0 Å². The first-order valence-electron chi connectivity index (χ1n) is 6.58. The van der Waals surface area contributed by atoms with Crippen molar-refractivity contribution in [2.24, 2.45) is 0 Å². The highest BCUT2D eigenvalue weighted by Gasteiger charge is 2.18. The van der Waals surface area contributed by atoms with Crippen LogP contribution in [-0.4, -0.2) is 9.78 Å². The highest BCUT2D eigenvalue weighted by Crippen LogP contribution is 2.23. The number of nitrogens with two attached hydrogens (primary N) is 1. The molecule has 0 saturated carbocycles. The second kappa shape index (κ2) is 5.74. The van der Waals surface area contributed by atoms with Crippen LogP contribution in [0.5, 0.6) is 0 Å². The minimum atomic E-state index is -0.279. The summed E-state index contributed by atoms with van der Waals surface area (Å²) in [5.41, 5.74) is 7.93. The van der Waals surface area contributed by atoms with Gasteiger partial charge in [-0.1, -0.05) is 19.1 Å². The normalized spacial score (nSPS) is 12.1. The van der Waals surface area contributed by atoms with Crippen LogP contribution in [0, 0.1) is 17.1 Å². The van der Waals surface area contributed by atoms with Gasteiger partial charge in [-0.25, -0.2) is 9.07 Å². The Morgan fingerprint density at radius 2 is 2.05 bits per heavy atom. The number of nitriles is 1. The number of benzene rings is 1. The molecule has 0 fully saturated rings. The molecule has 0 radical (unpaired) electrons. The van der Waals surface area contributed by atoms with E-state index >= 15 is 0 Å². The molecular weight excluding hydrogens is 255 g/mol. The van der Waals surface area contributed by atoms with Crippen molar-refractivity contribution in [3.63, 3.8) is 0 Å². The van der Waals surface area contributed by atoms with Gasteiger partial charge in [0.15, 0.2) is 0 Å². The molecule has 0 bridgehead atoms. The van der Waals surface area contributed by atoms with Gasteiger partial charge in [0.1, 0.15) is 23.3 Å². The van der Waals surface area contributed by atoms with Gasteiger partial charge in [0.05, 0.1) is 11.7 Å². The number of rotatable bonds is 4. The van der Waals surface area contributed by atoms with Crippen molar-refractivity contribution < 1.29 is 4.39 Å². The van der Waals surface area contributed by atoms with Crippen LogP contribution in [0.25, 0.3) is 0 Å². The summed E-state index contributed by atoms with van der Waals surface area (Å²) in [6.45, 7) is 4.05. The van der Waals surface area contributed by atoms with Gasteiger partial charge in [0.2, 0.25) is 0 Å². The second-order valence-corrected chi connectivity index (χ2v) is 4.82. The fourth-order valence-electron chi connectivity index (χ4n) is 2.05. The lowest BCUT2D eigenvalue weighted by Crippen LogP contribution is -2.09. The number of nitrogen functional groups attached to an aromatic ring is 1. The number of hydrogen-bond donors (Lipinski definition) is 1. The van der Waals surface area contributed by atoms with E-state index in [0.717, 1.165) is 12.0 Å². The Bertz CT molecular complexity index is 637. The van der Waals surface area contributed by atoms with Crippen molar-refractivity contribution in [1.29, 1.82) is 5.26 Å². The Labute approximate surface area is 117 Å². The van der Waals surface area contributed by atoms with E-state index in [1.54, 1.807) is 16.8 Å². The number of hydrogen-bond acceptors (Lipinski definition) is 3. The summed E-state index contributed by atoms with van der Waals surface area (Å²) in [6, 6.07) is 8.43. The molecule has 0 aliphatic heterocycles. The molecule has 2 aromatic rings. The zero-order valence-corrected chi connectivity index (χ0v) is 11.6. The van der Waals surface area contributed by atoms with Gasteiger partial charge in [0, 0.05) is 6.42 Å². The molecule has 1 aromatic heterocycles. The quantitative estimate of drug-likeness (QED) is 0.930. The summed E-state index contributed by atoms with van der Waals surface area (Å²) in [4.78, 5) is 0. The van der Waals surface area contributed by atoms with Crippen LogP contribution in [0.2, 0.25) is 0 Å². The summed E-state index contributed by atoms with van der Waals surface area (Å²) in [5.74, 6) is 0.123. The average molecular weight is 272 g/mol. The van der Waals surface area contributed by atoms with Crippen molar-refractivity contribution in [1.82, 2.24) is 9.78 Å². The number of halogens is 1. The fraction of sp³-hybridized carbons (Fsp3) is 0.333. The van der Waals surface area contributed by atoms with Crippen molar-refractivity contribution in [3.8, 4) is 6.07 Å². The molecule has 1 unspecified atom stereocenters. The molecule has 5 heteroatoms. The molecule has 1 aromatic carbocycles. The summed E-state index contributed by atoms with van der Waals surface area (Å²) in [7, 11) is 0. The molecule has 0 saturated heterocycles. The minimum absolute atomic E-state index is 0.143. The predicted octanol–water partition coefficient (Wildman–Crippen LogP) is 3.04. The van der Waals surface area contributed by atoms with Crippen LogP contribution in [0.1, 0.15) is 43.1 Å². The molecule has 0 amide bonds. The lowest BCUT2D eigenvalue weighted by molar-refractivity contribution is 0.481. The first-order chi connectivity index (χ1) is 9.56. The number of anilines is 1. The van der Waals surface area contributed by atoms with Crippen molar-refractivity contribution >= 4 is 5.82 Å². The van der Waals surface area contributed by atoms with E-state index in [1.807, 2.05) is 13.8 Å². The summed E-state index contributed by atoms with van der Waals surface area (Å²) >= 11 is 0. The molecule has 104 valence electrons. The zero-order chi connectivity index (χ0) is 14.7. The maximum absolute atomic E-state index is 12.9. The van der Waals surface area contributed by atoms with E-state index in [2.05, 4.69) is 11.2 Å². The molecule has 20 heavy (non-hydrogen) atoms. The Morgan fingerprint density at radius 1 is 1.40 bits per heavy atom. The lowest BCUT2D eigenvalue weighted by Gasteiger charge is -2.10. The van der Waals surface area contributed by atoms with Crippen LogP contribution in [-0.2, 0) is 6.42 Å². The van der Waals surface area contributed by atoms with Gasteiger partial charge in [-0.05, 0) is 31.0 Å². The monoisotopic (exact) mass is 272 g/mol. The van der Waals surface area contributed by atoms with E-state index in [-0.39, 0.29) is 11.9 Å². The van der Waals surface area contributed by atoms with E-state index < -0.39 is 0 Å². The first-order valence-corrected chi connectivity index (χ1v) is 6.58. The van der Waals surface area contributed by atoms with Gasteiger partial charge in [-0.2, -0.15) is 10.4 Å². The third-order valence-electron chi connectivity index (χ3n) is 3.42. The van der Waals surface area contributed by atoms with E-state index in [0.29, 0.717) is 23.5 Å². The summed E-state index contributed by atoms with van der Waals surface area (Å²) < 4.78 is 14.6. The minimum Gasteiger partial charge on any atom is -0.383 e. The highest BCUT2D eigenvalue weighted by atomic mass is 19.1. The lowest BCUT2D eigenvalue weighted by atomic mass is 10.1. The molecule has 2 N–H and O–H groups in total. The standard InChI is InChI=1S/C15H17FN4/c1-3-10(2)20-15(18)13(9-17)14(19-20)8-11-4-6-12(16)7-5-11/h4-7,10H,3,8,18H2,1-2H3. The fourth-order valence-corrected chi connectivity index (χ4v) is 2.05. The second-order valence-electron chi connectivity index (χ2n) is 4.82. The topological polar surface area (TPSA) is 67.6 Å². The van der Waals surface area contributed by atoms with Crippen LogP contribution < -0.4 is 5.73 Å². The van der Waals surface area contributed by atoms with E-state index in [9.17, 15) is 9.65 Å². The van der Waals surface area contributed by atoms with Crippen LogP contribution in [0.15, 0.2) is 24.3 Å². The smallest absolute Gasteiger partial charge is 0.140 e. The molecule has 4 nitrogen and oxygen atoms in total. The highest BCUT2D eigenvalue weighted by molar-refractivity contribution is 5.53. The van der Waals surface area contributed by atoms with Gasteiger partial charge in [-0.15, -0.1) is 0 Å². The SMILES string of the molecule is CCC(C)n1nc(Cc2ccc(F)cc2)c(C#N)c1N. The Kier molecular flexibility index (Phi) is 4.04. The van der Waals surface area contributed by atoms with Crippen molar-refractivity contribution in [3.05, 3.63) is 46.9 Å². The van der Waals surface area contributed by atoms with Gasteiger partial charge in [-0.3, -0.25) is 0 Å². The van der Waals surface area contributed by atoms with Crippen LogP contribution in [0.4, 0.5) is 10.2 Å². The molecule has 2 rings (SSSR count). The largest absolute Gasteiger partial charge is 0.383 e. The Morgan fingerprint density at radius 3 is 2.60 bits per heavy atom. The third-order valence-corrected chi connectivity index (χ3v) is 3.42. The maximum atomic E-state index is 12.9. The van der Waals surface area contributed by atoms with E-state index in [1.165, 1.54) is 12.1 Å². The van der Waals surface area contributed by atoms with Crippen molar-refractivity contribution in [2.75, 3.05) is 5.73 Å². The van der Waals surface area contributed by atoms with Gasteiger partial charge >= 0.3 is 0 Å². The molecule has 0 spiro atoms. The molecular formula is C15H17FN4. The first kappa shape index (κ1) is 14.1. The summed E-state index contributed by atoms with van der Waals surface area (Å²) in [5, 5.41) is 13.7. The average Bonchev–Trinajstić information content (AvgIpc) is 2.76. The zero-order valence-electron chi connectivity index (χ0n) is 11.6. The number of nitrogens with zero attached hydrogens (tertiary/aromatic N) is 3. The predicted molar refractivity (Wildman–Crippen MR) is 75.6 cm³/mol. The molecule has 1 heterocycles. The maximum Gasteiger partial charge on any atom is 0.140 e. The van der Waals surface area contributed by atoms with E-state index in [4.69, 9.17) is 5.73 Å². The summed E-state index contributed by atoms with van der Waals surface area (Å²) in [6.07, 6.45) is 1.35. The molecule has 1 atom stereocenters. The molecule has 0 aliphatic rings. The van der Waals surface area contributed by atoms with Gasteiger partial charge in [0.25, 0.3) is 0 Å². The molecule has 0 aliphatic carbocycles. The van der Waals surface area contributed by atoms with Crippen molar-refractivity contribution in [2.45, 2.75) is 32.7 Å². The Balaban J connectivity index is 2.36. The Hall–Kier alpha value is -2.35. The van der Waals surface area contributed by atoms with Gasteiger partial charge < -0.3 is 5.73 Å². The number of aromatic nitrogens is 2.